The van der Waals surface area contributed by atoms with E-state index < -0.39 is 0 Å². The lowest BCUT2D eigenvalue weighted by atomic mass is 10.2. The minimum atomic E-state index is 0.473. The highest BCUT2D eigenvalue weighted by Crippen LogP contribution is 2.25. The topological polar surface area (TPSA) is 56.7 Å². The van der Waals surface area contributed by atoms with Crippen LogP contribution in [0.4, 0.5) is 5.69 Å². The average Bonchev–Trinajstić information content (AvgIpc) is 2.97. The molecule has 0 fully saturated rings. The van der Waals surface area contributed by atoms with E-state index in [2.05, 4.69) is 35.4 Å². The molecule has 20 heavy (non-hydrogen) atoms. The van der Waals surface area contributed by atoms with Gasteiger partial charge in [0.15, 0.2) is 0 Å². The molecule has 0 unspecified atom stereocenters. The third-order valence-electron chi connectivity index (χ3n) is 3.36. The fraction of sp³-hybridized carbons (Fsp3) is 0.333. The number of thiazole rings is 1. The summed E-state index contributed by atoms with van der Waals surface area (Å²) in [6.45, 7) is 7.01. The van der Waals surface area contributed by atoms with Gasteiger partial charge in [0.05, 0.1) is 28.5 Å². The van der Waals surface area contributed by atoms with Crippen LogP contribution in [0.2, 0.25) is 0 Å². The lowest BCUT2D eigenvalue weighted by Gasteiger charge is -2.02. The number of hydrogen-bond donors (Lipinski definition) is 1. The number of nitrogen functional groups attached to an aromatic ring is 1. The largest absolute Gasteiger partial charge is 0.398 e. The number of aromatic nitrogens is 3. The monoisotopic (exact) mass is 286 g/mol. The summed E-state index contributed by atoms with van der Waals surface area (Å²) in [5, 5.41) is 8.94. The normalized spacial score (nSPS) is 11.6. The van der Waals surface area contributed by atoms with Crippen molar-refractivity contribution in [2.45, 2.75) is 33.2 Å². The van der Waals surface area contributed by atoms with Crippen molar-refractivity contribution in [3.63, 3.8) is 0 Å². The molecule has 1 aromatic carbocycles. The van der Waals surface area contributed by atoms with E-state index in [9.17, 15) is 0 Å². The summed E-state index contributed by atoms with van der Waals surface area (Å²) >= 11 is 1.72. The highest BCUT2D eigenvalue weighted by Gasteiger charge is 2.12. The van der Waals surface area contributed by atoms with Gasteiger partial charge in [0, 0.05) is 22.4 Å². The van der Waals surface area contributed by atoms with Gasteiger partial charge in [-0.15, -0.1) is 11.3 Å². The molecule has 104 valence electrons. The Morgan fingerprint density at radius 1 is 1.35 bits per heavy atom. The number of hydrogen-bond acceptors (Lipinski definition) is 4. The lowest BCUT2D eigenvalue weighted by molar-refractivity contribution is 0.687. The quantitative estimate of drug-likeness (QED) is 0.749. The lowest BCUT2D eigenvalue weighted by Crippen LogP contribution is -2.02. The predicted molar refractivity (Wildman–Crippen MR) is 84.2 cm³/mol. The fourth-order valence-corrected chi connectivity index (χ4v) is 3.21. The van der Waals surface area contributed by atoms with E-state index in [-0.39, 0.29) is 0 Å². The van der Waals surface area contributed by atoms with Crippen molar-refractivity contribution in [3.8, 4) is 0 Å². The molecule has 0 bridgehead atoms. The van der Waals surface area contributed by atoms with Gasteiger partial charge in [-0.05, 0) is 19.1 Å². The number of rotatable bonds is 3. The van der Waals surface area contributed by atoms with Gasteiger partial charge in [0.25, 0.3) is 0 Å². The maximum absolute atomic E-state index is 6.04. The molecule has 3 rings (SSSR count). The molecular weight excluding hydrogens is 268 g/mol. The van der Waals surface area contributed by atoms with Crippen molar-refractivity contribution in [2.24, 2.45) is 0 Å². The second-order valence-corrected chi connectivity index (χ2v) is 6.21. The van der Waals surface area contributed by atoms with Crippen LogP contribution in [0.1, 0.15) is 36.2 Å². The van der Waals surface area contributed by atoms with E-state index in [1.807, 2.05) is 23.7 Å². The summed E-state index contributed by atoms with van der Waals surface area (Å²) in [5.74, 6) is 0.473. The molecule has 0 atom stereocenters. The predicted octanol–water partition coefficient (Wildman–Crippen LogP) is 3.56. The minimum absolute atomic E-state index is 0.473. The number of nitrogens with zero attached hydrogens (tertiary/aromatic N) is 3. The number of nitrogens with two attached hydrogens (primary N) is 1. The molecule has 0 spiro atoms. The number of benzene rings is 1. The van der Waals surface area contributed by atoms with Crippen LogP contribution >= 0.6 is 11.3 Å². The Kier molecular flexibility index (Phi) is 3.22. The Morgan fingerprint density at radius 3 is 2.85 bits per heavy atom. The Morgan fingerprint density at radius 2 is 2.15 bits per heavy atom. The van der Waals surface area contributed by atoms with E-state index >= 15 is 0 Å². The first-order chi connectivity index (χ1) is 9.56. The van der Waals surface area contributed by atoms with Crippen LogP contribution in [0.25, 0.3) is 10.9 Å². The first kappa shape index (κ1) is 13.1. The standard InChI is InChI=1S/C15H18N4S/c1-9(2)15-17-11(8-20-15)7-19-13-6-4-5-12(16)14(13)10(3)18-19/h4-6,8-9H,7,16H2,1-3H3. The Labute approximate surface area is 122 Å². The van der Waals surface area contributed by atoms with Gasteiger partial charge >= 0.3 is 0 Å². The number of fused-ring (bicyclic) bond motifs is 1. The second-order valence-electron chi connectivity index (χ2n) is 5.32. The highest BCUT2D eigenvalue weighted by atomic mass is 32.1. The van der Waals surface area contributed by atoms with Crippen molar-refractivity contribution in [1.82, 2.24) is 14.8 Å². The van der Waals surface area contributed by atoms with Crippen molar-refractivity contribution in [1.29, 1.82) is 0 Å². The van der Waals surface area contributed by atoms with Crippen LogP contribution in [0, 0.1) is 6.92 Å². The summed E-state index contributed by atoms with van der Waals surface area (Å²) in [4.78, 5) is 4.67. The summed E-state index contributed by atoms with van der Waals surface area (Å²) in [6, 6.07) is 5.94. The van der Waals surface area contributed by atoms with Gasteiger partial charge in [-0.3, -0.25) is 4.68 Å². The van der Waals surface area contributed by atoms with Gasteiger partial charge in [-0.25, -0.2) is 4.98 Å². The van der Waals surface area contributed by atoms with E-state index in [4.69, 9.17) is 5.73 Å². The van der Waals surface area contributed by atoms with Crippen LogP contribution < -0.4 is 5.73 Å². The van der Waals surface area contributed by atoms with Gasteiger partial charge < -0.3 is 5.73 Å². The van der Waals surface area contributed by atoms with Crippen LogP contribution in [0.15, 0.2) is 23.6 Å². The van der Waals surface area contributed by atoms with Crippen molar-refractivity contribution >= 4 is 27.9 Å². The molecule has 0 radical (unpaired) electrons. The van der Waals surface area contributed by atoms with E-state index in [0.717, 1.165) is 28.0 Å². The first-order valence-electron chi connectivity index (χ1n) is 6.72. The third kappa shape index (κ3) is 2.18. The van der Waals surface area contributed by atoms with E-state index in [1.165, 1.54) is 5.01 Å². The highest BCUT2D eigenvalue weighted by molar-refractivity contribution is 7.09. The molecule has 0 saturated carbocycles. The number of aryl methyl sites for hydroxylation is 1. The number of anilines is 1. The molecule has 2 heterocycles. The summed E-state index contributed by atoms with van der Waals surface area (Å²) in [6.07, 6.45) is 0. The zero-order valence-corrected chi connectivity index (χ0v) is 12.7. The minimum Gasteiger partial charge on any atom is -0.398 e. The van der Waals surface area contributed by atoms with Gasteiger partial charge in [0.2, 0.25) is 0 Å². The molecular formula is C15H18N4S. The van der Waals surface area contributed by atoms with Crippen molar-refractivity contribution in [3.05, 3.63) is 40.0 Å². The van der Waals surface area contributed by atoms with Crippen LogP contribution in [-0.2, 0) is 6.54 Å². The Hall–Kier alpha value is -1.88. The molecule has 3 aromatic rings. The molecule has 0 saturated heterocycles. The maximum atomic E-state index is 6.04. The Bertz CT molecular complexity index is 754. The van der Waals surface area contributed by atoms with Gasteiger partial charge in [-0.2, -0.15) is 5.10 Å². The van der Waals surface area contributed by atoms with Crippen LogP contribution in [-0.4, -0.2) is 14.8 Å². The fourth-order valence-electron chi connectivity index (χ4n) is 2.39. The van der Waals surface area contributed by atoms with Crippen molar-refractivity contribution < 1.29 is 0 Å². The van der Waals surface area contributed by atoms with E-state index in [0.29, 0.717) is 12.5 Å². The first-order valence-corrected chi connectivity index (χ1v) is 7.60. The SMILES string of the molecule is Cc1nn(Cc2csc(C(C)C)n2)c2cccc(N)c12. The van der Waals surface area contributed by atoms with Gasteiger partial charge in [0.1, 0.15) is 0 Å². The second kappa shape index (κ2) is 4.90. The average molecular weight is 286 g/mol. The Balaban J connectivity index is 2.00. The summed E-state index contributed by atoms with van der Waals surface area (Å²) in [5.41, 5.74) is 9.93. The molecule has 4 nitrogen and oxygen atoms in total. The molecule has 0 aliphatic carbocycles. The molecule has 0 aliphatic heterocycles. The van der Waals surface area contributed by atoms with E-state index in [1.54, 1.807) is 11.3 Å². The third-order valence-corrected chi connectivity index (χ3v) is 4.55. The van der Waals surface area contributed by atoms with Gasteiger partial charge in [-0.1, -0.05) is 19.9 Å². The smallest absolute Gasteiger partial charge is 0.0954 e. The molecule has 0 aliphatic rings. The molecule has 0 amide bonds. The summed E-state index contributed by atoms with van der Waals surface area (Å²) in [7, 11) is 0. The molecule has 2 aromatic heterocycles. The maximum Gasteiger partial charge on any atom is 0.0954 e. The summed E-state index contributed by atoms with van der Waals surface area (Å²) < 4.78 is 1.99. The zero-order valence-electron chi connectivity index (χ0n) is 11.9. The van der Waals surface area contributed by atoms with Crippen LogP contribution in [0.5, 0.6) is 0 Å². The van der Waals surface area contributed by atoms with Crippen molar-refractivity contribution in [2.75, 3.05) is 5.73 Å². The zero-order chi connectivity index (χ0) is 14.3. The van der Waals surface area contributed by atoms with Crippen LogP contribution in [0.3, 0.4) is 0 Å². The molecule has 2 N–H and O–H groups in total. The molecule has 5 heteroatoms.